The number of nitrogens with two attached hydrogens (primary N) is 1. The third-order valence-corrected chi connectivity index (χ3v) is 7.02. The smallest absolute Gasteiger partial charge is 0.137 e. The van der Waals surface area contributed by atoms with Crippen molar-refractivity contribution in [3.63, 3.8) is 0 Å². The molecule has 15 heavy (non-hydrogen) atoms. The van der Waals surface area contributed by atoms with Gasteiger partial charge in [-0.1, -0.05) is 6.92 Å². The summed E-state index contributed by atoms with van der Waals surface area (Å²) >= 11 is 5.90. The molecule has 0 spiro atoms. The van der Waals surface area contributed by atoms with Gasteiger partial charge >= 0.3 is 0 Å². The fourth-order valence-electron chi connectivity index (χ4n) is 1.68. The van der Waals surface area contributed by atoms with Crippen molar-refractivity contribution in [1.82, 2.24) is 4.98 Å². The molecule has 1 aromatic heterocycles. The number of hydrogen-bond acceptors (Lipinski definition) is 5. The van der Waals surface area contributed by atoms with Gasteiger partial charge < -0.3 is 5.73 Å². The van der Waals surface area contributed by atoms with Crippen molar-refractivity contribution in [1.29, 1.82) is 0 Å². The minimum atomic E-state index is 0.565. The summed E-state index contributed by atoms with van der Waals surface area (Å²) in [6.45, 7) is 4.32. The van der Waals surface area contributed by atoms with Crippen molar-refractivity contribution in [3.05, 3.63) is 9.88 Å². The van der Waals surface area contributed by atoms with Gasteiger partial charge in [0.15, 0.2) is 0 Å². The average Bonchev–Trinajstić information content (AvgIpc) is 2.59. The van der Waals surface area contributed by atoms with Gasteiger partial charge in [0.05, 0.1) is 5.25 Å². The molecule has 5 heteroatoms. The highest BCUT2D eigenvalue weighted by Gasteiger charge is 2.29. The number of aryl methyl sites for hydroxylation is 1. The fourth-order valence-corrected chi connectivity index (χ4v) is 5.95. The maximum Gasteiger partial charge on any atom is 0.137 e. The van der Waals surface area contributed by atoms with Crippen LogP contribution in [0.3, 0.4) is 0 Å². The van der Waals surface area contributed by atoms with Crippen LogP contribution >= 0.6 is 34.9 Å². The Hall–Kier alpha value is 0.130. The molecule has 2 heterocycles. The number of rotatable bonds is 2. The number of hydrogen-bond donors (Lipinski definition) is 1. The van der Waals surface area contributed by atoms with Crippen LogP contribution in [0.4, 0.5) is 5.82 Å². The lowest BCUT2D eigenvalue weighted by molar-refractivity contribution is 0.789. The van der Waals surface area contributed by atoms with Crippen LogP contribution in [-0.2, 0) is 0 Å². The second kappa shape index (κ2) is 4.97. The van der Waals surface area contributed by atoms with Gasteiger partial charge in [-0.15, -0.1) is 23.1 Å². The predicted molar refractivity (Wildman–Crippen MR) is 73.0 cm³/mol. The van der Waals surface area contributed by atoms with E-state index in [9.17, 15) is 0 Å². The summed E-state index contributed by atoms with van der Waals surface area (Å²) in [6.07, 6.45) is 1.22. The Morgan fingerprint density at radius 1 is 1.40 bits per heavy atom. The van der Waals surface area contributed by atoms with Crippen molar-refractivity contribution in [2.45, 2.75) is 30.8 Å². The van der Waals surface area contributed by atoms with Gasteiger partial charge in [-0.2, -0.15) is 11.8 Å². The van der Waals surface area contributed by atoms with Crippen molar-refractivity contribution in [2.24, 2.45) is 0 Å². The maximum absolute atomic E-state index is 5.82. The average molecular weight is 260 g/mol. The molecule has 1 fully saturated rings. The van der Waals surface area contributed by atoms with Crippen LogP contribution in [0.25, 0.3) is 0 Å². The minimum Gasteiger partial charge on any atom is -0.383 e. The first-order chi connectivity index (χ1) is 7.22. The summed E-state index contributed by atoms with van der Waals surface area (Å²) in [6, 6.07) is 0. The summed E-state index contributed by atoms with van der Waals surface area (Å²) < 4.78 is 0. The molecule has 0 aliphatic carbocycles. The number of thiazole rings is 1. The molecular weight excluding hydrogens is 244 g/mol. The Kier molecular flexibility index (Phi) is 3.85. The molecule has 2 rings (SSSR count). The molecule has 84 valence electrons. The Balaban J connectivity index is 2.20. The quantitative estimate of drug-likeness (QED) is 0.885. The van der Waals surface area contributed by atoms with E-state index >= 15 is 0 Å². The number of thioether (sulfide) groups is 2. The van der Waals surface area contributed by atoms with Crippen molar-refractivity contribution in [2.75, 3.05) is 17.2 Å². The van der Waals surface area contributed by atoms with E-state index in [4.69, 9.17) is 5.73 Å². The van der Waals surface area contributed by atoms with Crippen LogP contribution < -0.4 is 5.73 Å². The molecule has 2 atom stereocenters. The van der Waals surface area contributed by atoms with E-state index in [1.54, 1.807) is 11.3 Å². The van der Waals surface area contributed by atoms with E-state index in [0.717, 1.165) is 10.7 Å². The number of nitrogen functional groups attached to an aromatic ring is 1. The monoisotopic (exact) mass is 260 g/mol. The molecule has 1 saturated heterocycles. The summed E-state index contributed by atoms with van der Waals surface area (Å²) in [5.74, 6) is 3.24. The van der Waals surface area contributed by atoms with Crippen LogP contribution in [0.5, 0.6) is 0 Å². The molecular formula is C10H16N2S3. The molecule has 2 N–H and O–H groups in total. The standard InChI is InChI=1S/C10H16N2S3/c1-3-7-8(14-5-4-13-7)10-12-9(11)6(2)15-10/h7-8H,3-5,11H2,1-2H3. The van der Waals surface area contributed by atoms with Gasteiger partial charge in [-0.25, -0.2) is 4.98 Å². The summed E-state index contributed by atoms with van der Waals surface area (Å²) in [4.78, 5) is 5.66. The zero-order valence-corrected chi connectivity index (χ0v) is 11.5. The predicted octanol–water partition coefficient (Wildman–Crippen LogP) is 3.33. The normalized spacial score (nSPS) is 26.8. The SMILES string of the molecule is CCC1SCCSC1c1nc(N)c(C)s1. The molecule has 0 bridgehead atoms. The van der Waals surface area contributed by atoms with Gasteiger partial charge in [0, 0.05) is 21.6 Å². The van der Waals surface area contributed by atoms with Gasteiger partial charge in [0.2, 0.25) is 0 Å². The lowest BCUT2D eigenvalue weighted by Gasteiger charge is -2.28. The van der Waals surface area contributed by atoms with E-state index < -0.39 is 0 Å². The van der Waals surface area contributed by atoms with Gasteiger partial charge in [0.25, 0.3) is 0 Å². The van der Waals surface area contributed by atoms with E-state index in [1.807, 2.05) is 11.8 Å². The Morgan fingerprint density at radius 3 is 2.73 bits per heavy atom. The largest absolute Gasteiger partial charge is 0.383 e. The maximum atomic E-state index is 5.82. The second-order valence-corrected chi connectivity index (χ2v) is 7.43. The minimum absolute atomic E-state index is 0.565. The van der Waals surface area contributed by atoms with Crippen LogP contribution in [0, 0.1) is 6.92 Å². The molecule has 2 unspecified atom stereocenters. The van der Waals surface area contributed by atoms with Crippen LogP contribution in [-0.4, -0.2) is 21.7 Å². The number of anilines is 1. The van der Waals surface area contributed by atoms with Gasteiger partial charge in [-0.3, -0.25) is 0 Å². The molecule has 0 amide bonds. The fraction of sp³-hybridized carbons (Fsp3) is 0.700. The van der Waals surface area contributed by atoms with Gasteiger partial charge in [0.1, 0.15) is 10.8 Å². The Morgan fingerprint density at radius 2 is 2.13 bits per heavy atom. The molecule has 0 saturated carbocycles. The van der Waals surface area contributed by atoms with Crippen LogP contribution in [0.1, 0.15) is 28.5 Å². The zero-order valence-electron chi connectivity index (χ0n) is 9.03. The van der Waals surface area contributed by atoms with E-state index in [-0.39, 0.29) is 0 Å². The van der Waals surface area contributed by atoms with E-state index in [0.29, 0.717) is 10.5 Å². The number of nitrogens with zero attached hydrogens (tertiary/aromatic N) is 1. The molecule has 0 radical (unpaired) electrons. The molecule has 0 aromatic carbocycles. The molecule has 1 aliphatic heterocycles. The highest BCUT2D eigenvalue weighted by Crippen LogP contribution is 2.45. The molecule has 1 aromatic rings. The van der Waals surface area contributed by atoms with Gasteiger partial charge in [-0.05, 0) is 13.3 Å². The first-order valence-electron chi connectivity index (χ1n) is 5.18. The second-order valence-electron chi connectivity index (χ2n) is 3.60. The summed E-state index contributed by atoms with van der Waals surface area (Å²) in [7, 11) is 0. The highest BCUT2D eigenvalue weighted by molar-refractivity contribution is 8.06. The third kappa shape index (κ3) is 2.45. The Labute approximate surface area is 103 Å². The lowest BCUT2D eigenvalue weighted by Crippen LogP contribution is -2.18. The Bertz CT molecular complexity index is 318. The van der Waals surface area contributed by atoms with E-state index in [1.165, 1.54) is 22.9 Å². The topological polar surface area (TPSA) is 38.9 Å². The van der Waals surface area contributed by atoms with Crippen molar-refractivity contribution >= 4 is 40.7 Å². The van der Waals surface area contributed by atoms with Crippen molar-refractivity contribution < 1.29 is 0 Å². The number of aromatic nitrogens is 1. The zero-order chi connectivity index (χ0) is 10.8. The van der Waals surface area contributed by atoms with Crippen LogP contribution in [0.15, 0.2) is 0 Å². The first kappa shape index (κ1) is 11.6. The van der Waals surface area contributed by atoms with Crippen LogP contribution in [0.2, 0.25) is 0 Å². The highest BCUT2D eigenvalue weighted by atomic mass is 32.2. The first-order valence-corrected chi connectivity index (χ1v) is 8.09. The summed E-state index contributed by atoms with van der Waals surface area (Å²) in [5, 5.41) is 2.51. The lowest BCUT2D eigenvalue weighted by atomic mass is 10.2. The summed E-state index contributed by atoms with van der Waals surface area (Å²) in [5.41, 5.74) is 5.82. The molecule has 1 aliphatic rings. The third-order valence-electron chi connectivity index (χ3n) is 2.55. The van der Waals surface area contributed by atoms with E-state index in [2.05, 4.69) is 30.6 Å². The molecule has 2 nitrogen and oxygen atoms in total. The van der Waals surface area contributed by atoms with Crippen molar-refractivity contribution in [3.8, 4) is 0 Å².